The van der Waals surface area contributed by atoms with Crippen LogP contribution in [0.3, 0.4) is 0 Å². The summed E-state index contributed by atoms with van der Waals surface area (Å²) in [5, 5.41) is 18.4. The van der Waals surface area contributed by atoms with Crippen molar-refractivity contribution in [2.45, 2.75) is 0 Å². The molecule has 0 atom stereocenters. The lowest BCUT2D eigenvalue weighted by Crippen LogP contribution is -1.89. The Morgan fingerprint density at radius 3 is 1.06 bits per heavy atom. The molecule has 0 radical (unpaired) electrons. The van der Waals surface area contributed by atoms with Gasteiger partial charge >= 0.3 is 0 Å². The van der Waals surface area contributed by atoms with Gasteiger partial charge in [0.2, 0.25) is 0 Å². The maximum Gasteiger partial charge on any atom is 0.0361 e. The van der Waals surface area contributed by atoms with Crippen molar-refractivity contribution in [2.75, 3.05) is 0 Å². The van der Waals surface area contributed by atoms with Crippen LogP contribution in [0.5, 0.6) is 0 Å². The molecule has 0 aliphatic heterocycles. The van der Waals surface area contributed by atoms with Crippen LogP contribution in [0.1, 0.15) is 0 Å². The Labute approximate surface area is 368 Å². The van der Waals surface area contributed by atoms with Gasteiger partial charge in [0.05, 0.1) is 0 Å². The van der Waals surface area contributed by atoms with Crippen molar-refractivity contribution >= 4 is 96.1 Å². The number of fused-ring (bicyclic) bond motifs is 3. The summed E-state index contributed by atoms with van der Waals surface area (Å²) < 4.78 is 2.62. The van der Waals surface area contributed by atoms with Crippen LogP contribution < -0.4 is 0 Å². The van der Waals surface area contributed by atoms with Crippen LogP contribution in [0.15, 0.2) is 218 Å². The lowest BCUT2D eigenvalue weighted by molar-refractivity contribution is 1.63. The molecule has 0 aliphatic rings. The topological polar surface area (TPSA) is 0 Å². The first kappa shape index (κ1) is 34.8. The fourth-order valence-electron chi connectivity index (χ4n) is 10.8. The molecule has 0 amide bonds. The predicted molar refractivity (Wildman–Crippen MR) is 274 cm³/mol. The minimum Gasteiger partial charge on any atom is -0.135 e. The van der Waals surface area contributed by atoms with E-state index in [0.29, 0.717) is 0 Å². The summed E-state index contributed by atoms with van der Waals surface area (Å²) in [7, 11) is 0. The Balaban J connectivity index is 0.826. The average molecular weight is 813 g/mol. The Kier molecular flexibility index (Phi) is 7.37. The molecule has 0 spiro atoms. The molecule has 1 heterocycles. The summed E-state index contributed by atoms with van der Waals surface area (Å²) in [6, 6.07) is 81.8. The zero-order chi connectivity index (χ0) is 41.2. The SMILES string of the molecule is c1ccc(-c2ccc3ccc4c(-c5cccc(-c6ccc7c(c6)sc6cc(-c8cccc(-c9ccc%10ccc%11cccc%12ccc9c%10c%11%12)c8)ccc67)c5)ccc5ccc2c3c54)cc1. The largest absolute Gasteiger partial charge is 0.135 e. The van der Waals surface area contributed by atoms with E-state index < -0.39 is 0 Å². The maximum atomic E-state index is 2.39. The zero-order valence-electron chi connectivity index (χ0n) is 34.2. The van der Waals surface area contributed by atoms with Crippen molar-refractivity contribution in [2.24, 2.45) is 0 Å². The Morgan fingerprint density at radius 1 is 0.206 bits per heavy atom. The van der Waals surface area contributed by atoms with Gasteiger partial charge in [-0.2, -0.15) is 0 Å². The molecule has 1 aromatic heterocycles. The van der Waals surface area contributed by atoms with Gasteiger partial charge in [0.25, 0.3) is 0 Å². The van der Waals surface area contributed by atoms with Crippen molar-refractivity contribution in [3.63, 3.8) is 0 Å². The Bertz CT molecular complexity index is 4120. The van der Waals surface area contributed by atoms with Gasteiger partial charge in [-0.25, -0.2) is 0 Å². The molecule has 14 rings (SSSR count). The van der Waals surface area contributed by atoms with Gasteiger partial charge in [0.15, 0.2) is 0 Å². The van der Waals surface area contributed by atoms with E-state index in [1.165, 1.54) is 140 Å². The molecular weight excluding hydrogens is 777 g/mol. The molecule has 290 valence electrons. The third kappa shape index (κ3) is 5.27. The summed E-state index contributed by atoms with van der Waals surface area (Å²) in [5.41, 5.74) is 12.5. The molecule has 1 heteroatoms. The first-order chi connectivity index (χ1) is 31.2. The second kappa shape index (κ2) is 13.3. The van der Waals surface area contributed by atoms with Crippen LogP contribution in [0.4, 0.5) is 0 Å². The number of thiophene rings is 1. The van der Waals surface area contributed by atoms with Crippen LogP contribution in [0, 0.1) is 0 Å². The van der Waals surface area contributed by atoms with Gasteiger partial charge in [-0.3, -0.25) is 0 Å². The molecule has 0 aliphatic carbocycles. The highest BCUT2D eigenvalue weighted by Gasteiger charge is 2.17. The Hall–Kier alpha value is -7.84. The van der Waals surface area contributed by atoms with E-state index in [4.69, 9.17) is 0 Å². The third-order valence-corrected chi connectivity index (χ3v) is 14.9. The second-order valence-corrected chi connectivity index (χ2v) is 18.3. The Morgan fingerprint density at radius 2 is 0.556 bits per heavy atom. The highest BCUT2D eigenvalue weighted by atomic mass is 32.1. The van der Waals surface area contributed by atoms with E-state index in [-0.39, 0.29) is 0 Å². The number of hydrogen-bond donors (Lipinski definition) is 0. The molecule has 13 aromatic carbocycles. The highest BCUT2D eigenvalue weighted by molar-refractivity contribution is 7.25. The van der Waals surface area contributed by atoms with E-state index in [1.807, 2.05) is 11.3 Å². The minimum atomic E-state index is 1.23. The molecule has 0 unspecified atom stereocenters. The first-order valence-electron chi connectivity index (χ1n) is 21.8. The number of hydrogen-bond acceptors (Lipinski definition) is 1. The zero-order valence-corrected chi connectivity index (χ0v) is 35.0. The van der Waals surface area contributed by atoms with Crippen molar-refractivity contribution in [1.82, 2.24) is 0 Å². The molecule has 0 saturated heterocycles. The van der Waals surface area contributed by atoms with Gasteiger partial charge in [-0.15, -0.1) is 11.3 Å². The molecule has 0 N–H and O–H groups in total. The average Bonchev–Trinajstić information content (AvgIpc) is 3.72. The molecule has 14 aromatic rings. The third-order valence-electron chi connectivity index (χ3n) is 13.8. The molecule has 63 heavy (non-hydrogen) atoms. The van der Waals surface area contributed by atoms with Gasteiger partial charge in [-0.05, 0) is 145 Å². The minimum absolute atomic E-state index is 1.23. The van der Waals surface area contributed by atoms with Crippen LogP contribution in [-0.2, 0) is 0 Å². The summed E-state index contributed by atoms with van der Waals surface area (Å²) in [4.78, 5) is 0. The summed E-state index contributed by atoms with van der Waals surface area (Å²) >= 11 is 1.89. The summed E-state index contributed by atoms with van der Waals surface area (Å²) in [6.07, 6.45) is 0. The van der Waals surface area contributed by atoms with Crippen molar-refractivity contribution in [3.05, 3.63) is 218 Å². The van der Waals surface area contributed by atoms with E-state index in [9.17, 15) is 0 Å². The lowest BCUT2D eigenvalue weighted by Gasteiger charge is -2.17. The van der Waals surface area contributed by atoms with Crippen LogP contribution >= 0.6 is 11.3 Å². The van der Waals surface area contributed by atoms with Crippen molar-refractivity contribution < 1.29 is 0 Å². The van der Waals surface area contributed by atoms with E-state index in [1.54, 1.807) is 0 Å². The molecule has 0 saturated carbocycles. The van der Waals surface area contributed by atoms with Crippen LogP contribution in [0.25, 0.3) is 140 Å². The van der Waals surface area contributed by atoms with Gasteiger partial charge in [0.1, 0.15) is 0 Å². The summed E-state index contributed by atoms with van der Waals surface area (Å²) in [5.74, 6) is 0. The van der Waals surface area contributed by atoms with E-state index >= 15 is 0 Å². The van der Waals surface area contributed by atoms with E-state index in [2.05, 4.69) is 218 Å². The maximum absolute atomic E-state index is 2.39. The first-order valence-corrected chi connectivity index (χ1v) is 22.6. The van der Waals surface area contributed by atoms with Crippen LogP contribution in [-0.4, -0.2) is 0 Å². The van der Waals surface area contributed by atoms with Gasteiger partial charge in [0, 0.05) is 20.2 Å². The fraction of sp³-hybridized carbons (Fsp3) is 0. The lowest BCUT2D eigenvalue weighted by atomic mass is 9.87. The second-order valence-electron chi connectivity index (χ2n) is 17.2. The molecular formula is C62H36S. The van der Waals surface area contributed by atoms with Gasteiger partial charge < -0.3 is 0 Å². The normalized spacial score (nSPS) is 12.1. The highest BCUT2D eigenvalue weighted by Crippen LogP contribution is 2.45. The fourth-order valence-corrected chi connectivity index (χ4v) is 12.0. The predicted octanol–water partition coefficient (Wildman–Crippen LogP) is 18.2. The monoisotopic (exact) mass is 812 g/mol. The van der Waals surface area contributed by atoms with Crippen molar-refractivity contribution in [1.29, 1.82) is 0 Å². The standard InChI is InChI=1S/C62H36S/c1-2-7-37(8-3-1)49-25-17-41-22-32-56-51(27-19-42-21-31-54(49)61(41)62(42)56)48-14-6-12-44(34-48)46-24-29-53-52-28-23-45(35-57(52)63-58(53)36-46)43-11-5-13-47(33-43)50-26-18-40-16-15-38-9-4-10-39-20-30-55(50)60(40)59(38)39/h1-36H. The van der Waals surface area contributed by atoms with Gasteiger partial charge in [-0.1, -0.05) is 194 Å². The number of benzene rings is 13. The van der Waals surface area contributed by atoms with Crippen LogP contribution in [0.2, 0.25) is 0 Å². The van der Waals surface area contributed by atoms with Crippen molar-refractivity contribution in [3.8, 4) is 55.6 Å². The number of rotatable bonds is 5. The molecule has 0 nitrogen and oxygen atoms in total. The van der Waals surface area contributed by atoms with E-state index in [0.717, 1.165) is 0 Å². The smallest absolute Gasteiger partial charge is 0.0361 e. The molecule has 0 fully saturated rings. The quantitative estimate of drug-likeness (QED) is 0.152. The summed E-state index contributed by atoms with van der Waals surface area (Å²) in [6.45, 7) is 0. The molecule has 0 bridgehead atoms.